The number of likely N-dealkylation sites (tertiary alicyclic amines) is 1. The maximum absolute atomic E-state index is 13.0. The lowest BCUT2D eigenvalue weighted by Crippen LogP contribution is -2.52. The van der Waals surface area contributed by atoms with Crippen LogP contribution in [0.4, 0.5) is 13.2 Å². The van der Waals surface area contributed by atoms with Crippen molar-refractivity contribution in [2.75, 3.05) is 13.1 Å². The molecule has 4 heterocycles. The molecule has 1 fully saturated rings. The summed E-state index contributed by atoms with van der Waals surface area (Å²) < 4.78 is 39.6. The van der Waals surface area contributed by atoms with Crippen LogP contribution in [-0.4, -0.2) is 61.3 Å². The van der Waals surface area contributed by atoms with Crippen LogP contribution in [-0.2, 0) is 4.79 Å². The lowest BCUT2D eigenvalue weighted by atomic mass is 9.81. The first-order chi connectivity index (χ1) is 16.5. The summed E-state index contributed by atoms with van der Waals surface area (Å²) in [6.45, 7) is 1.26. The molecule has 13 heteroatoms. The van der Waals surface area contributed by atoms with Crippen LogP contribution >= 0.6 is 11.6 Å². The van der Waals surface area contributed by atoms with Crippen LogP contribution in [0.3, 0.4) is 0 Å². The molecule has 0 aliphatic carbocycles. The molecule has 1 unspecified atom stereocenters. The lowest BCUT2D eigenvalue weighted by molar-refractivity contribution is -0.192. The third kappa shape index (κ3) is 5.33. The summed E-state index contributed by atoms with van der Waals surface area (Å²) in [5.74, 6) is -1.91. The summed E-state index contributed by atoms with van der Waals surface area (Å²) in [7, 11) is 0. The van der Waals surface area contributed by atoms with Crippen LogP contribution < -0.4 is 10.5 Å². The Hall–Kier alpha value is -3.38. The van der Waals surface area contributed by atoms with Crippen molar-refractivity contribution in [3.05, 3.63) is 59.0 Å². The molecule has 0 bridgehead atoms. The van der Waals surface area contributed by atoms with Gasteiger partial charge in [-0.1, -0.05) is 18.2 Å². The molecule has 0 saturated carbocycles. The summed E-state index contributed by atoms with van der Waals surface area (Å²) in [5.41, 5.74) is 8.35. The Bertz CT molecular complexity index is 1260. The van der Waals surface area contributed by atoms with Crippen molar-refractivity contribution in [2.45, 2.75) is 37.1 Å². The van der Waals surface area contributed by atoms with Crippen LogP contribution in [0.1, 0.15) is 41.2 Å². The molecular formula is C22H21ClF3N5O4. The van der Waals surface area contributed by atoms with Crippen molar-refractivity contribution in [3.8, 4) is 5.75 Å². The lowest BCUT2D eigenvalue weighted by Gasteiger charge is -2.46. The van der Waals surface area contributed by atoms with Crippen LogP contribution in [0.15, 0.2) is 42.6 Å². The number of hydrogen-bond acceptors (Lipinski definition) is 6. The highest BCUT2D eigenvalue weighted by Gasteiger charge is 2.43. The van der Waals surface area contributed by atoms with Gasteiger partial charge in [0.1, 0.15) is 11.4 Å². The van der Waals surface area contributed by atoms with Gasteiger partial charge in [0, 0.05) is 50.2 Å². The zero-order valence-corrected chi connectivity index (χ0v) is 19.0. The first kappa shape index (κ1) is 24.7. The average molecular weight is 512 g/mol. The third-order valence-corrected chi connectivity index (χ3v) is 6.15. The van der Waals surface area contributed by atoms with Gasteiger partial charge in [-0.25, -0.2) is 9.31 Å². The Morgan fingerprint density at radius 3 is 2.49 bits per heavy atom. The number of fused-ring (bicyclic) bond motifs is 2. The van der Waals surface area contributed by atoms with E-state index in [1.807, 2.05) is 29.2 Å². The quantitative estimate of drug-likeness (QED) is 0.512. The highest BCUT2D eigenvalue weighted by atomic mass is 35.5. The Balaban J connectivity index is 0.000000364. The number of halogens is 4. The maximum atomic E-state index is 13.0. The van der Waals surface area contributed by atoms with Crippen molar-refractivity contribution >= 4 is 29.1 Å². The molecule has 0 radical (unpaired) electrons. The minimum atomic E-state index is -5.08. The second-order valence-electron chi connectivity index (χ2n) is 8.33. The SMILES string of the molecule is NC1CC2(CCN(C(=O)c3ccc4nc(Cl)nn4c3)CC2)Oc2ccccc21.O=C(O)C(F)(F)F. The van der Waals surface area contributed by atoms with Crippen molar-refractivity contribution in [2.24, 2.45) is 5.73 Å². The first-order valence-corrected chi connectivity index (χ1v) is 11.0. The fourth-order valence-electron chi connectivity index (χ4n) is 4.25. The number of piperidine rings is 1. The molecule has 2 aliphatic rings. The van der Waals surface area contributed by atoms with Crippen LogP contribution in [0.2, 0.25) is 5.28 Å². The molecule has 5 rings (SSSR count). The smallest absolute Gasteiger partial charge is 0.487 e. The molecule has 186 valence electrons. The number of carbonyl (C=O) groups excluding carboxylic acids is 1. The second-order valence-corrected chi connectivity index (χ2v) is 8.67. The van der Waals surface area contributed by atoms with E-state index >= 15 is 0 Å². The summed E-state index contributed by atoms with van der Waals surface area (Å²) in [5, 5.41) is 11.4. The molecule has 3 aromatic rings. The van der Waals surface area contributed by atoms with Crippen LogP contribution in [0, 0.1) is 0 Å². The van der Waals surface area contributed by atoms with Gasteiger partial charge in [-0.2, -0.15) is 18.2 Å². The zero-order valence-electron chi connectivity index (χ0n) is 18.2. The highest BCUT2D eigenvalue weighted by molar-refractivity contribution is 6.28. The maximum Gasteiger partial charge on any atom is 0.490 e. The molecule has 1 saturated heterocycles. The van der Waals surface area contributed by atoms with E-state index in [0.29, 0.717) is 24.3 Å². The first-order valence-electron chi connectivity index (χ1n) is 10.6. The van der Waals surface area contributed by atoms with Crippen molar-refractivity contribution in [3.63, 3.8) is 0 Å². The van der Waals surface area contributed by atoms with Gasteiger partial charge in [0.25, 0.3) is 5.91 Å². The van der Waals surface area contributed by atoms with Gasteiger partial charge in [0.2, 0.25) is 5.28 Å². The predicted octanol–water partition coefficient (Wildman–Crippen LogP) is 3.47. The number of aromatic nitrogens is 3. The number of amides is 1. The number of carboxylic acids is 1. The molecule has 2 aromatic heterocycles. The fraction of sp³-hybridized carbons (Fsp3) is 0.364. The molecule has 1 spiro atoms. The number of nitrogens with two attached hydrogens (primary N) is 1. The fourth-order valence-corrected chi connectivity index (χ4v) is 4.42. The van der Waals surface area contributed by atoms with Crippen LogP contribution in [0.5, 0.6) is 5.75 Å². The molecule has 2 aliphatic heterocycles. The van der Waals surface area contributed by atoms with E-state index < -0.39 is 12.1 Å². The number of rotatable bonds is 1. The number of para-hydroxylation sites is 1. The number of ether oxygens (including phenoxy) is 1. The van der Waals surface area contributed by atoms with Gasteiger partial charge in [-0.05, 0) is 29.8 Å². The Kier molecular flexibility index (Phi) is 6.60. The Morgan fingerprint density at radius 2 is 1.83 bits per heavy atom. The van der Waals surface area contributed by atoms with Gasteiger partial charge < -0.3 is 20.5 Å². The van der Waals surface area contributed by atoms with Crippen molar-refractivity contribution in [1.29, 1.82) is 0 Å². The third-order valence-electron chi connectivity index (χ3n) is 5.99. The minimum Gasteiger partial charge on any atom is -0.487 e. The topological polar surface area (TPSA) is 123 Å². The second kappa shape index (κ2) is 9.34. The summed E-state index contributed by atoms with van der Waals surface area (Å²) in [6.07, 6.45) is -1.12. The number of nitrogens with zero attached hydrogens (tertiary/aromatic N) is 4. The summed E-state index contributed by atoms with van der Waals surface area (Å²) >= 11 is 5.83. The van der Waals surface area contributed by atoms with Crippen LogP contribution in [0.25, 0.3) is 5.65 Å². The number of benzene rings is 1. The molecule has 9 nitrogen and oxygen atoms in total. The monoisotopic (exact) mass is 511 g/mol. The van der Waals surface area contributed by atoms with Crippen molar-refractivity contribution in [1.82, 2.24) is 19.5 Å². The molecule has 1 aromatic carbocycles. The molecule has 1 atom stereocenters. The van der Waals surface area contributed by atoms with E-state index in [1.165, 1.54) is 4.52 Å². The molecular weight excluding hydrogens is 491 g/mol. The number of aliphatic carboxylic acids is 1. The van der Waals surface area contributed by atoms with Gasteiger partial charge in [0.05, 0.1) is 5.56 Å². The van der Waals surface area contributed by atoms with E-state index in [1.54, 1.807) is 18.3 Å². The molecule has 3 N–H and O–H groups in total. The van der Waals surface area contributed by atoms with E-state index in [9.17, 15) is 18.0 Å². The van der Waals surface area contributed by atoms with E-state index in [4.69, 9.17) is 32.0 Å². The Labute approximate surface area is 202 Å². The van der Waals surface area contributed by atoms with Gasteiger partial charge in [-0.15, -0.1) is 5.10 Å². The highest BCUT2D eigenvalue weighted by Crippen LogP contribution is 2.43. The molecule has 35 heavy (non-hydrogen) atoms. The normalized spacial score (nSPS) is 18.9. The van der Waals surface area contributed by atoms with Crippen molar-refractivity contribution < 1.29 is 32.6 Å². The minimum absolute atomic E-state index is 0.0242. The largest absolute Gasteiger partial charge is 0.490 e. The molecule has 1 amide bonds. The number of carbonyl (C=O) groups is 2. The number of hydrogen-bond donors (Lipinski definition) is 2. The number of pyridine rings is 1. The predicted molar refractivity (Wildman–Crippen MR) is 118 cm³/mol. The van der Waals surface area contributed by atoms with E-state index in [0.717, 1.165) is 30.6 Å². The zero-order chi connectivity index (χ0) is 25.4. The Morgan fingerprint density at radius 1 is 1.17 bits per heavy atom. The standard InChI is InChI=1S/C20H20ClN5O2.C2HF3O2/c21-19-23-17-6-5-13(12-26(17)24-19)18(27)25-9-7-20(8-10-25)11-15(22)14-3-1-2-4-16(14)28-20;3-2(4,5)1(6)7/h1-6,12,15H,7-11,22H2;(H,6,7). The van der Waals surface area contributed by atoms with E-state index in [-0.39, 0.29) is 22.8 Å². The van der Waals surface area contributed by atoms with E-state index in [2.05, 4.69) is 10.1 Å². The summed E-state index contributed by atoms with van der Waals surface area (Å²) in [6, 6.07) is 11.4. The average Bonchev–Trinajstić information content (AvgIpc) is 3.18. The number of alkyl halides is 3. The summed E-state index contributed by atoms with van der Waals surface area (Å²) in [4.78, 5) is 27.8. The van der Waals surface area contributed by atoms with Gasteiger partial charge in [-0.3, -0.25) is 4.79 Å². The van der Waals surface area contributed by atoms with Gasteiger partial charge >= 0.3 is 12.1 Å². The number of carboxylic acid groups (broad SMARTS) is 1. The van der Waals surface area contributed by atoms with Gasteiger partial charge in [0.15, 0.2) is 5.65 Å².